The van der Waals surface area contributed by atoms with Crippen molar-refractivity contribution in [2.45, 2.75) is 25.9 Å². The van der Waals surface area contributed by atoms with Gasteiger partial charge in [-0.05, 0) is 30.2 Å². The van der Waals surface area contributed by atoms with Crippen molar-refractivity contribution < 1.29 is 9.72 Å². The molecule has 1 N–H and O–H groups in total. The average molecular weight is 388 g/mol. The Labute approximate surface area is 163 Å². The largest absolute Gasteiger partial charge is 0.368 e. The van der Waals surface area contributed by atoms with Crippen LogP contribution in [0.1, 0.15) is 18.9 Å². The number of nitro groups is 1. The number of nitrogens with one attached hydrogen (secondary N) is 1. The summed E-state index contributed by atoms with van der Waals surface area (Å²) in [4.78, 5) is 25.4. The second kappa shape index (κ2) is 9.73. The first-order valence-corrected chi connectivity index (χ1v) is 8.98. The first-order chi connectivity index (χ1) is 13.0. The van der Waals surface area contributed by atoms with Crippen LogP contribution in [0.15, 0.2) is 61.2 Å². The number of nitro benzene ring substituents is 1. The quantitative estimate of drug-likeness (QED) is 0.386. The van der Waals surface area contributed by atoms with Crippen molar-refractivity contribution in [2.75, 3.05) is 11.9 Å². The molecule has 0 radical (unpaired) electrons. The molecule has 0 aliphatic rings. The molecule has 2 rings (SSSR count). The molecule has 0 aromatic heterocycles. The number of halogens is 1. The molecule has 1 amide bonds. The van der Waals surface area contributed by atoms with Crippen LogP contribution in [0.3, 0.4) is 0 Å². The van der Waals surface area contributed by atoms with E-state index in [9.17, 15) is 14.9 Å². The van der Waals surface area contributed by atoms with Crippen LogP contribution in [0.5, 0.6) is 0 Å². The summed E-state index contributed by atoms with van der Waals surface area (Å²) in [5.74, 6) is -0.148. The van der Waals surface area contributed by atoms with Gasteiger partial charge in [-0.15, -0.1) is 6.58 Å². The zero-order chi connectivity index (χ0) is 19.8. The Hall–Kier alpha value is -2.86. The second-order valence-electron chi connectivity index (χ2n) is 6.01. The number of hydrogen-bond acceptors (Lipinski definition) is 4. The summed E-state index contributed by atoms with van der Waals surface area (Å²) in [6.45, 7) is 6.35. The predicted molar refractivity (Wildman–Crippen MR) is 108 cm³/mol. The minimum atomic E-state index is -0.585. The first-order valence-electron chi connectivity index (χ1n) is 8.60. The van der Waals surface area contributed by atoms with E-state index in [0.717, 1.165) is 5.56 Å². The van der Waals surface area contributed by atoms with Crippen molar-refractivity contribution in [1.82, 2.24) is 4.90 Å². The van der Waals surface area contributed by atoms with Crippen molar-refractivity contribution >= 4 is 28.9 Å². The maximum absolute atomic E-state index is 13.0. The number of rotatable bonds is 9. The molecule has 1 unspecified atom stereocenters. The zero-order valence-corrected chi connectivity index (χ0v) is 15.9. The van der Waals surface area contributed by atoms with Crippen molar-refractivity contribution in [2.24, 2.45) is 0 Å². The third kappa shape index (κ3) is 5.56. The lowest BCUT2D eigenvalue weighted by molar-refractivity contribution is -0.384. The number of amides is 1. The van der Waals surface area contributed by atoms with E-state index in [1.807, 2.05) is 19.1 Å². The Bertz CT molecular complexity index is 808. The molecule has 142 valence electrons. The molecule has 6 nitrogen and oxygen atoms in total. The zero-order valence-electron chi connectivity index (χ0n) is 15.1. The highest BCUT2D eigenvalue weighted by molar-refractivity contribution is 6.30. The first kappa shape index (κ1) is 20.5. The monoisotopic (exact) mass is 387 g/mol. The molecular weight excluding hydrogens is 366 g/mol. The van der Waals surface area contributed by atoms with Crippen LogP contribution >= 0.6 is 11.6 Å². The highest BCUT2D eigenvalue weighted by Crippen LogP contribution is 2.25. The van der Waals surface area contributed by atoms with Crippen molar-refractivity contribution in [3.63, 3.8) is 0 Å². The van der Waals surface area contributed by atoms with Crippen molar-refractivity contribution in [1.29, 1.82) is 0 Å². The van der Waals surface area contributed by atoms with Gasteiger partial charge in [0.25, 0.3) is 5.69 Å². The Kier molecular flexibility index (Phi) is 7.37. The summed E-state index contributed by atoms with van der Waals surface area (Å²) in [6.07, 6.45) is 2.14. The highest BCUT2D eigenvalue weighted by atomic mass is 35.5. The Balaban J connectivity index is 2.20. The fourth-order valence-electron chi connectivity index (χ4n) is 2.70. The lowest BCUT2D eigenvalue weighted by Gasteiger charge is -2.27. The van der Waals surface area contributed by atoms with E-state index in [4.69, 9.17) is 11.6 Å². The van der Waals surface area contributed by atoms with Crippen LogP contribution in [0.25, 0.3) is 0 Å². The van der Waals surface area contributed by atoms with E-state index in [0.29, 0.717) is 30.2 Å². The van der Waals surface area contributed by atoms with E-state index >= 15 is 0 Å². The van der Waals surface area contributed by atoms with Crippen LogP contribution in [0.4, 0.5) is 11.4 Å². The molecule has 27 heavy (non-hydrogen) atoms. The minimum Gasteiger partial charge on any atom is -0.368 e. The summed E-state index contributed by atoms with van der Waals surface area (Å²) in [7, 11) is 0. The van der Waals surface area contributed by atoms with E-state index < -0.39 is 11.0 Å². The molecular formula is C20H22ClN3O3. The summed E-state index contributed by atoms with van der Waals surface area (Å²) in [5.41, 5.74) is 1.21. The minimum absolute atomic E-state index is 0.0586. The third-order valence-corrected chi connectivity index (χ3v) is 4.34. The maximum Gasteiger partial charge on any atom is 0.292 e. The fraction of sp³-hybridized carbons (Fsp3) is 0.250. The molecule has 1 atom stereocenters. The van der Waals surface area contributed by atoms with E-state index in [2.05, 4.69) is 11.9 Å². The number of benzene rings is 2. The lowest BCUT2D eigenvalue weighted by Crippen LogP contribution is -2.42. The smallest absolute Gasteiger partial charge is 0.292 e. The molecule has 0 heterocycles. The Morgan fingerprint density at radius 1 is 1.30 bits per heavy atom. The summed E-state index contributed by atoms with van der Waals surface area (Å²) < 4.78 is 0. The van der Waals surface area contributed by atoms with Crippen LogP contribution < -0.4 is 5.32 Å². The molecule has 0 spiro atoms. The molecule has 0 saturated carbocycles. The number of para-hydroxylation sites is 2. The van der Waals surface area contributed by atoms with Gasteiger partial charge in [0.1, 0.15) is 11.7 Å². The van der Waals surface area contributed by atoms with Gasteiger partial charge in [-0.1, -0.05) is 48.9 Å². The molecule has 2 aromatic carbocycles. The van der Waals surface area contributed by atoms with Crippen LogP contribution in [-0.4, -0.2) is 28.3 Å². The molecule has 0 fully saturated rings. The van der Waals surface area contributed by atoms with Gasteiger partial charge in [-0.2, -0.15) is 0 Å². The van der Waals surface area contributed by atoms with Gasteiger partial charge < -0.3 is 10.2 Å². The molecule has 0 aliphatic heterocycles. The molecule has 0 saturated heterocycles. The highest BCUT2D eigenvalue weighted by Gasteiger charge is 2.25. The van der Waals surface area contributed by atoms with Gasteiger partial charge in [0.2, 0.25) is 5.91 Å². The number of carbonyl (C=O) groups excluding carboxylic acids is 1. The molecule has 0 bridgehead atoms. The standard InChI is InChI=1S/C20H22ClN3O3/c1-3-13-23(14-15-9-11-16(21)12-10-15)20(25)17(4-2)22-18-7-5-6-8-19(18)24(26)27/h3,5-12,17,22H,1,4,13-14H2,2H3. The van der Waals surface area contributed by atoms with Gasteiger partial charge in [0, 0.05) is 24.2 Å². The number of nitrogens with zero attached hydrogens (tertiary/aromatic N) is 2. The van der Waals surface area contributed by atoms with Gasteiger partial charge in [-0.25, -0.2) is 0 Å². The molecule has 7 heteroatoms. The third-order valence-electron chi connectivity index (χ3n) is 4.08. The van der Waals surface area contributed by atoms with Gasteiger partial charge in [0.15, 0.2) is 0 Å². The number of carbonyl (C=O) groups is 1. The molecule has 2 aromatic rings. The normalized spacial score (nSPS) is 11.5. The average Bonchev–Trinajstić information content (AvgIpc) is 2.67. The van der Waals surface area contributed by atoms with Crippen LogP contribution in [0, 0.1) is 10.1 Å². The van der Waals surface area contributed by atoms with E-state index in [1.165, 1.54) is 6.07 Å². The number of anilines is 1. The maximum atomic E-state index is 13.0. The number of hydrogen-bond donors (Lipinski definition) is 1. The Morgan fingerprint density at radius 2 is 1.96 bits per heavy atom. The van der Waals surface area contributed by atoms with E-state index in [-0.39, 0.29) is 11.6 Å². The van der Waals surface area contributed by atoms with Crippen molar-refractivity contribution in [3.05, 3.63) is 81.9 Å². The Morgan fingerprint density at radius 3 is 2.56 bits per heavy atom. The van der Waals surface area contributed by atoms with Crippen molar-refractivity contribution in [3.8, 4) is 0 Å². The summed E-state index contributed by atoms with van der Waals surface area (Å²) >= 11 is 5.91. The predicted octanol–water partition coefficient (Wildman–Crippen LogP) is 4.65. The van der Waals surface area contributed by atoms with E-state index in [1.54, 1.807) is 41.3 Å². The summed E-state index contributed by atoms with van der Waals surface area (Å²) in [6, 6.07) is 13.0. The fourth-order valence-corrected chi connectivity index (χ4v) is 2.83. The molecule has 0 aliphatic carbocycles. The van der Waals surface area contributed by atoms with Gasteiger partial charge in [0.05, 0.1) is 4.92 Å². The SMILES string of the molecule is C=CCN(Cc1ccc(Cl)cc1)C(=O)C(CC)Nc1ccccc1[N+](=O)[O-]. The lowest BCUT2D eigenvalue weighted by atomic mass is 10.1. The van der Waals surface area contributed by atoms with Crippen LogP contribution in [0.2, 0.25) is 5.02 Å². The van der Waals surface area contributed by atoms with Crippen LogP contribution in [-0.2, 0) is 11.3 Å². The second-order valence-corrected chi connectivity index (χ2v) is 6.45. The summed E-state index contributed by atoms with van der Waals surface area (Å²) in [5, 5.41) is 14.9. The van der Waals surface area contributed by atoms with Gasteiger partial charge >= 0.3 is 0 Å². The van der Waals surface area contributed by atoms with Gasteiger partial charge in [-0.3, -0.25) is 14.9 Å². The topological polar surface area (TPSA) is 75.5 Å².